The molecule has 4 heterocycles. The molecule has 0 unspecified atom stereocenters. The number of hydrogen-bond acceptors (Lipinski definition) is 11. The number of fused-ring (bicyclic) bond motifs is 5. The standard InChI is InChI=1S/C30H28N4O5.C15H18N4O3.ClH/c35-28(36)17-34-19-31-27-11-10-20(16-25(27)29(34)37)32-12-5-13-33(15-14-32)30(38)39-18-26-23-8-3-1-6-21(23)22-7-2-4-9-24(22)26;20-14(21)9-19-10-17-13-3-2-11(8-12(13)15(19)22)18-6-1-4-16-5-7-18;/h1-4,6-11,16,19,26H,5,12-15,17-18H2,(H,35,36);2-3,8,10,16H,1,4-7,9H2,(H,20,21);1H. The Morgan fingerprint density at radius 2 is 1.18 bits per heavy atom. The third-order valence-electron chi connectivity index (χ3n) is 11.4. The Morgan fingerprint density at radius 3 is 1.74 bits per heavy atom. The average Bonchev–Trinajstić information content (AvgIpc) is 3.50. The number of halogens is 1. The summed E-state index contributed by atoms with van der Waals surface area (Å²) < 4.78 is 8.08. The van der Waals surface area contributed by atoms with E-state index in [0.29, 0.717) is 48.0 Å². The Balaban J connectivity index is 0.000000214. The van der Waals surface area contributed by atoms with Crippen LogP contribution in [0.3, 0.4) is 0 Å². The normalized spacial score (nSPS) is 15.1. The zero-order chi connectivity index (χ0) is 42.5. The fraction of sp³-hybridized carbons (Fsp3) is 0.311. The maximum atomic E-state index is 13.1. The Morgan fingerprint density at radius 1 is 0.645 bits per heavy atom. The van der Waals surface area contributed by atoms with Crippen molar-refractivity contribution in [2.24, 2.45) is 0 Å². The first-order valence-corrected chi connectivity index (χ1v) is 20.4. The molecule has 3 N–H and O–H groups in total. The van der Waals surface area contributed by atoms with Gasteiger partial charge in [-0.2, -0.15) is 0 Å². The number of nitrogens with one attached hydrogen (secondary N) is 1. The van der Waals surface area contributed by atoms with Gasteiger partial charge in [0.25, 0.3) is 11.1 Å². The van der Waals surface area contributed by atoms with Gasteiger partial charge in [0.2, 0.25) is 0 Å². The Bertz CT molecular complexity index is 2690. The zero-order valence-corrected chi connectivity index (χ0v) is 34.7. The number of anilines is 2. The van der Waals surface area contributed by atoms with Crippen molar-refractivity contribution in [2.45, 2.75) is 31.8 Å². The molecule has 0 radical (unpaired) electrons. The topological polar surface area (TPSA) is 192 Å². The molecular weight excluding hydrogens is 816 g/mol. The summed E-state index contributed by atoms with van der Waals surface area (Å²) in [5.41, 5.74) is 6.96. The number of nitrogens with zero attached hydrogens (tertiary/aromatic N) is 7. The highest BCUT2D eigenvalue weighted by Crippen LogP contribution is 2.44. The van der Waals surface area contributed by atoms with Crippen LogP contribution >= 0.6 is 12.4 Å². The maximum absolute atomic E-state index is 13.1. The fourth-order valence-electron chi connectivity index (χ4n) is 8.35. The van der Waals surface area contributed by atoms with Crippen LogP contribution in [0, 0.1) is 0 Å². The number of carboxylic acid groups (broad SMARTS) is 2. The molecule has 17 heteroatoms. The molecule has 16 nitrogen and oxygen atoms in total. The minimum atomic E-state index is -1.10. The van der Waals surface area contributed by atoms with Gasteiger partial charge >= 0.3 is 18.0 Å². The van der Waals surface area contributed by atoms with E-state index in [1.54, 1.807) is 17.0 Å². The molecule has 0 bridgehead atoms. The summed E-state index contributed by atoms with van der Waals surface area (Å²) in [4.78, 5) is 74.7. The number of benzene rings is 4. The number of rotatable bonds is 8. The van der Waals surface area contributed by atoms with E-state index in [9.17, 15) is 24.0 Å². The number of carboxylic acids is 2. The van der Waals surface area contributed by atoms with Crippen LogP contribution < -0.4 is 26.2 Å². The molecule has 0 spiro atoms. The van der Waals surface area contributed by atoms with Crippen molar-refractivity contribution < 1.29 is 29.3 Å². The van der Waals surface area contributed by atoms with E-state index in [1.165, 1.54) is 34.9 Å². The lowest BCUT2D eigenvalue weighted by atomic mass is 9.98. The number of aromatic nitrogens is 4. The van der Waals surface area contributed by atoms with E-state index < -0.39 is 18.5 Å². The van der Waals surface area contributed by atoms with Gasteiger partial charge < -0.3 is 35.0 Å². The molecule has 2 aliphatic heterocycles. The number of carbonyl (C=O) groups is 3. The van der Waals surface area contributed by atoms with Crippen molar-refractivity contribution in [3.8, 4) is 11.1 Å². The third kappa shape index (κ3) is 9.41. The van der Waals surface area contributed by atoms with E-state index in [1.807, 2.05) is 48.5 Å². The van der Waals surface area contributed by atoms with E-state index in [0.717, 1.165) is 59.5 Å². The summed E-state index contributed by atoms with van der Waals surface area (Å²) in [6.45, 7) is 5.56. The summed E-state index contributed by atoms with van der Waals surface area (Å²) in [5.74, 6) is -2.14. The number of ether oxygens (including phenoxy) is 1. The quantitative estimate of drug-likeness (QED) is 0.192. The number of amides is 1. The molecule has 3 aliphatic rings. The Hall–Kier alpha value is -6.78. The van der Waals surface area contributed by atoms with Crippen LogP contribution in [-0.4, -0.2) is 111 Å². The number of carbonyl (C=O) groups excluding carboxylic acids is 1. The third-order valence-corrected chi connectivity index (χ3v) is 11.4. The molecule has 1 aliphatic carbocycles. The van der Waals surface area contributed by atoms with Gasteiger partial charge in [0.15, 0.2) is 0 Å². The van der Waals surface area contributed by atoms with Gasteiger partial charge in [-0.3, -0.25) is 28.3 Å². The fourth-order valence-corrected chi connectivity index (χ4v) is 8.35. The summed E-state index contributed by atoms with van der Waals surface area (Å²) in [7, 11) is 0. The van der Waals surface area contributed by atoms with Crippen LogP contribution in [0.5, 0.6) is 0 Å². The monoisotopic (exact) mass is 862 g/mol. The molecule has 322 valence electrons. The first-order chi connectivity index (χ1) is 29.6. The number of hydrogen-bond donors (Lipinski definition) is 3. The van der Waals surface area contributed by atoms with Gasteiger partial charge in [0.05, 0.1) is 34.5 Å². The highest BCUT2D eigenvalue weighted by Gasteiger charge is 2.30. The van der Waals surface area contributed by atoms with Crippen molar-refractivity contribution in [3.63, 3.8) is 0 Å². The molecular formula is C45H47ClN8O8. The first kappa shape index (κ1) is 43.3. The molecule has 4 aromatic carbocycles. The van der Waals surface area contributed by atoms with Gasteiger partial charge in [-0.15, -0.1) is 12.4 Å². The predicted octanol–water partition coefficient (Wildman–Crippen LogP) is 4.64. The Kier molecular flexibility index (Phi) is 13.5. The van der Waals surface area contributed by atoms with E-state index in [-0.39, 0.29) is 48.7 Å². The highest BCUT2D eigenvalue weighted by molar-refractivity contribution is 5.85. The van der Waals surface area contributed by atoms with Gasteiger partial charge in [0, 0.05) is 63.1 Å². The van der Waals surface area contributed by atoms with Crippen LogP contribution in [-0.2, 0) is 27.4 Å². The zero-order valence-electron chi connectivity index (χ0n) is 33.9. The average molecular weight is 863 g/mol. The summed E-state index contributed by atoms with van der Waals surface area (Å²) in [5, 5.41) is 22.1. The second-order valence-electron chi connectivity index (χ2n) is 15.3. The summed E-state index contributed by atoms with van der Waals surface area (Å²) in [6, 6.07) is 27.6. The molecule has 1 amide bonds. The largest absolute Gasteiger partial charge is 0.480 e. The second kappa shape index (κ2) is 19.3. The molecule has 6 aromatic rings. The lowest BCUT2D eigenvalue weighted by molar-refractivity contribution is -0.138. The lowest BCUT2D eigenvalue weighted by Crippen LogP contribution is -2.36. The van der Waals surface area contributed by atoms with Gasteiger partial charge in [0.1, 0.15) is 19.7 Å². The molecule has 9 rings (SSSR count). The molecule has 2 fully saturated rings. The van der Waals surface area contributed by atoms with Crippen LogP contribution in [0.15, 0.2) is 107 Å². The molecule has 0 saturated carbocycles. The minimum Gasteiger partial charge on any atom is -0.480 e. The van der Waals surface area contributed by atoms with Crippen LogP contribution in [0.4, 0.5) is 16.2 Å². The minimum absolute atomic E-state index is 0. The molecule has 2 aromatic heterocycles. The SMILES string of the molecule is Cl.O=C(O)Cn1cnc2ccc(N3CCCN(C(=O)OCC4c5ccccc5-c5ccccc54)CC3)cc2c1=O.O=C(O)Cn1cnc2ccc(N3CCCNCC3)cc2c1=O. The van der Waals surface area contributed by atoms with Crippen molar-refractivity contribution in [1.29, 1.82) is 0 Å². The molecule has 62 heavy (non-hydrogen) atoms. The highest BCUT2D eigenvalue weighted by atomic mass is 35.5. The van der Waals surface area contributed by atoms with Gasteiger partial charge in [-0.05, 0) is 78.0 Å². The summed E-state index contributed by atoms with van der Waals surface area (Å²) in [6.07, 6.45) is 4.02. The van der Waals surface area contributed by atoms with Crippen molar-refractivity contribution >= 4 is 63.6 Å². The smallest absolute Gasteiger partial charge is 0.409 e. The maximum Gasteiger partial charge on any atom is 0.409 e. The van der Waals surface area contributed by atoms with E-state index >= 15 is 0 Å². The van der Waals surface area contributed by atoms with Gasteiger partial charge in [-0.25, -0.2) is 14.8 Å². The summed E-state index contributed by atoms with van der Waals surface area (Å²) >= 11 is 0. The van der Waals surface area contributed by atoms with Crippen molar-refractivity contribution in [2.75, 3.05) is 68.8 Å². The predicted molar refractivity (Wildman–Crippen MR) is 238 cm³/mol. The number of aliphatic carboxylic acids is 2. The molecule has 0 atom stereocenters. The van der Waals surface area contributed by atoms with Crippen LogP contribution in [0.2, 0.25) is 0 Å². The second-order valence-corrected chi connectivity index (χ2v) is 15.3. The van der Waals surface area contributed by atoms with Crippen molar-refractivity contribution in [3.05, 3.63) is 129 Å². The van der Waals surface area contributed by atoms with Crippen LogP contribution in [0.25, 0.3) is 32.9 Å². The van der Waals surface area contributed by atoms with Crippen molar-refractivity contribution in [1.82, 2.24) is 29.3 Å². The Labute approximate surface area is 362 Å². The lowest BCUT2D eigenvalue weighted by Gasteiger charge is -2.24. The molecule has 2 saturated heterocycles. The first-order valence-electron chi connectivity index (χ1n) is 20.4. The van der Waals surface area contributed by atoms with Crippen LogP contribution in [0.1, 0.15) is 29.9 Å². The van der Waals surface area contributed by atoms with Gasteiger partial charge in [-0.1, -0.05) is 48.5 Å². The van der Waals surface area contributed by atoms with E-state index in [2.05, 4.69) is 49.4 Å². The van der Waals surface area contributed by atoms with E-state index in [4.69, 9.17) is 14.9 Å².